The number of carbonyl (C=O) groups is 2. The van der Waals surface area contributed by atoms with E-state index in [9.17, 15) is 9.59 Å². The maximum Gasteiger partial charge on any atom is 0.339 e. The normalized spacial score (nSPS) is 10.1. The van der Waals surface area contributed by atoms with E-state index in [2.05, 4.69) is 10.3 Å². The third kappa shape index (κ3) is 2.64. The van der Waals surface area contributed by atoms with Gasteiger partial charge in [-0.3, -0.25) is 4.79 Å². The van der Waals surface area contributed by atoms with Crippen LogP contribution in [0.15, 0.2) is 30.5 Å². The first-order chi connectivity index (χ1) is 9.52. The van der Waals surface area contributed by atoms with E-state index in [0.717, 1.165) is 0 Å². The summed E-state index contributed by atoms with van der Waals surface area (Å²) in [4.78, 5) is 25.9. The molecule has 0 radical (unpaired) electrons. The van der Waals surface area contributed by atoms with Gasteiger partial charge >= 0.3 is 5.97 Å². The Hall–Kier alpha value is -2.76. The molecule has 3 N–H and O–H groups in total. The van der Waals surface area contributed by atoms with Crippen LogP contribution in [0.25, 0.3) is 0 Å². The van der Waals surface area contributed by atoms with Gasteiger partial charge in [0.1, 0.15) is 11.3 Å². The van der Waals surface area contributed by atoms with Gasteiger partial charge in [0.15, 0.2) is 0 Å². The average molecular weight is 274 g/mol. The summed E-state index contributed by atoms with van der Waals surface area (Å²) < 4.78 is 5.01. The van der Waals surface area contributed by atoms with E-state index in [1.165, 1.54) is 13.3 Å². The molecule has 0 fully saturated rings. The molecule has 1 aromatic heterocycles. The van der Waals surface area contributed by atoms with Crippen molar-refractivity contribution in [2.75, 3.05) is 12.4 Å². The molecule has 6 heteroatoms. The van der Waals surface area contributed by atoms with Crippen LogP contribution in [-0.4, -0.2) is 29.1 Å². The maximum atomic E-state index is 12.0. The van der Waals surface area contributed by atoms with Crippen molar-refractivity contribution in [1.29, 1.82) is 0 Å². The minimum Gasteiger partial charge on any atom is -0.497 e. The highest BCUT2D eigenvalue weighted by atomic mass is 16.5. The highest BCUT2D eigenvalue weighted by Gasteiger charge is 2.17. The van der Waals surface area contributed by atoms with E-state index in [4.69, 9.17) is 9.84 Å². The number of carboxylic acid groups (broad SMARTS) is 1. The summed E-state index contributed by atoms with van der Waals surface area (Å²) in [6, 6.07) is 6.53. The number of carbonyl (C=O) groups excluding carboxylic acids is 1. The molecule has 20 heavy (non-hydrogen) atoms. The van der Waals surface area contributed by atoms with E-state index in [-0.39, 0.29) is 17.2 Å². The molecule has 104 valence electrons. The molecule has 0 aliphatic carbocycles. The van der Waals surface area contributed by atoms with Crippen LogP contribution >= 0.6 is 0 Å². The third-order valence-electron chi connectivity index (χ3n) is 2.89. The molecule has 2 aromatic rings. The summed E-state index contributed by atoms with van der Waals surface area (Å²) in [5.74, 6) is -0.826. The van der Waals surface area contributed by atoms with Gasteiger partial charge in [0, 0.05) is 17.5 Å². The Morgan fingerprint density at radius 3 is 2.45 bits per heavy atom. The maximum absolute atomic E-state index is 12.0. The minimum atomic E-state index is -1.09. The van der Waals surface area contributed by atoms with Gasteiger partial charge in [-0.05, 0) is 31.2 Å². The van der Waals surface area contributed by atoms with Gasteiger partial charge in [0.25, 0.3) is 5.91 Å². The lowest BCUT2D eigenvalue weighted by molar-refractivity contribution is 0.0697. The number of rotatable bonds is 4. The van der Waals surface area contributed by atoms with Gasteiger partial charge < -0.3 is 20.1 Å². The van der Waals surface area contributed by atoms with Crippen LogP contribution in [0.1, 0.15) is 26.4 Å². The number of benzene rings is 1. The van der Waals surface area contributed by atoms with E-state index in [1.54, 1.807) is 31.2 Å². The van der Waals surface area contributed by atoms with Gasteiger partial charge in [0.2, 0.25) is 0 Å². The fraction of sp³-hybridized carbons (Fsp3) is 0.143. The summed E-state index contributed by atoms with van der Waals surface area (Å²) in [5.41, 5.74) is 1.21. The summed E-state index contributed by atoms with van der Waals surface area (Å²) in [7, 11) is 1.54. The quantitative estimate of drug-likeness (QED) is 0.797. The number of amides is 1. The first-order valence-corrected chi connectivity index (χ1v) is 5.89. The second-order valence-electron chi connectivity index (χ2n) is 4.19. The number of methoxy groups -OCH3 is 1. The zero-order valence-electron chi connectivity index (χ0n) is 11.1. The fourth-order valence-electron chi connectivity index (χ4n) is 1.84. The number of carboxylic acids is 1. The van der Waals surface area contributed by atoms with Crippen LogP contribution in [0.2, 0.25) is 0 Å². The number of nitrogens with one attached hydrogen (secondary N) is 2. The molecule has 0 atom stereocenters. The second-order valence-corrected chi connectivity index (χ2v) is 4.19. The van der Waals surface area contributed by atoms with Crippen molar-refractivity contribution in [1.82, 2.24) is 4.98 Å². The van der Waals surface area contributed by atoms with Crippen molar-refractivity contribution in [3.05, 3.63) is 47.3 Å². The van der Waals surface area contributed by atoms with Gasteiger partial charge in [-0.15, -0.1) is 0 Å². The van der Waals surface area contributed by atoms with Crippen molar-refractivity contribution >= 4 is 17.6 Å². The van der Waals surface area contributed by atoms with Crippen molar-refractivity contribution in [3.8, 4) is 5.75 Å². The molecule has 0 aliphatic heterocycles. The monoisotopic (exact) mass is 274 g/mol. The molecule has 1 aromatic carbocycles. The molecular formula is C14H14N2O4. The Morgan fingerprint density at radius 1 is 1.25 bits per heavy atom. The van der Waals surface area contributed by atoms with Crippen LogP contribution in [0.5, 0.6) is 5.75 Å². The van der Waals surface area contributed by atoms with Crippen molar-refractivity contribution in [3.63, 3.8) is 0 Å². The summed E-state index contributed by atoms with van der Waals surface area (Å²) in [6.07, 6.45) is 1.46. The molecule has 0 saturated carbocycles. The molecule has 2 rings (SSSR count). The van der Waals surface area contributed by atoms with E-state index in [0.29, 0.717) is 17.0 Å². The number of hydrogen-bond acceptors (Lipinski definition) is 3. The third-order valence-corrected chi connectivity index (χ3v) is 2.89. The molecule has 6 nitrogen and oxygen atoms in total. The highest BCUT2D eigenvalue weighted by molar-refractivity contribution is 6.08. The van der Waals surface area contributed by atoms with E-state index >= 15 is 0 Å². The lowest BCUT2D eigenvalue weighted by Gasteiger charge is -2.06. The fourth-order valence-corrected chi connectivity index (χ4v) is 1.84. The molecule has 1 amide bonds. The largest absolute Gasteiger partial charge is 0.497 e. The molecule has 0 bridgehead atoms. The smallest absolute Gasteiger partial charge is 0.339 e. The van der Waals surface area contributed by atoms with Gasteiger partial charge in [-0.1, -0.05) is 0 Å². The predicted molar refractivity (Wildman–Crippen MR) is 73.4 cm³/mol. The van der Waals surface area contributed by atoms with Crippen LogP contribution < -0.4 is 10.1 Å². The summed E-state index contributed by atoms with van der Waals surface area (Å²) >= 11 is 0. The topological polar surface area (TPSA) is 91.4 Å². The van der Waals surface area contributed by atoms with Crippen molar-refractivity contribution in [2.24, 2.45) is 0 Å². The molecule has 0 aliphatic rings. The molecular weight excluding hydrogens is 260 g/mol. The van der Waals surface area contributed by atoms with Gasteiger partial charge in [-0.2, -0.15) is 0 Å². The number of ether oxygens (including phenoxy) is 1. The SMILES string of the molecule is COc1ccc(C(=O)Nc2c[nH]c(C)c2C(=O)O)cc1. The lowest BCUT2D eigenvalue weighted by Crippen LogP contribution is -2.13. The molecule has 0 spiro atoms. The molecule has 0 saturated heterocycles. The average Bonchev–Trinajstić information content (AvgIpc) is 2.79. The van der Waals surface area contributed by atoms with Crippen molar-refractivity contribution < 1.29 is 19.4 Å². The van der Waals surface area contributed by atoms with E-state index in [1.807, 2.05) is 0 Å². The lowest BCUT2D eigenvalue weighted by atomic mass is 10.2. The number of hydrogen-bond donors (Lipinski definition) is 3. The molecule has 0 unspecified atom stereocenters. The number of aromatic amines is 1. The summed E-state index contributed by atoms with van der Waals surface area (Å²) in [5, 5.41) is 11.7. The van der Waals surface area contributed by atoms with Gasteiger partial charge in [-0.25, -0.2) is 4.79 Å². The first kappa shape index (κ1) is 13.7. The second kappa shape index (κ2) is 5.48. The van der Waals surface area contributed by atoms with Crippen LogP contribution in [0.4, 0.5) is 5.69 Å². The Morgan fingerprint density at radius 2 is 1.90 bits per heavy atom. The molecule has 1 heterocycles. The Balaban J connectivity index is 2.21. The number of aromatic carboxylic acids is 1. The number of aryl methyl sites for hydroxylation is 1. The minimum absolute atomic E-state index is 0.0619. The Labute approximate surface area is 115 Å². The Kier molecular flexibility index (Phi) is 3.74. The zero-order valence-corrected chi connectivity index (χ0v) is 11.1. The highest BCUT2D eigenvalue weighted by Crippen LogP contribution is 2.20. The first-order valence-electron chi connectivity index (χ1n) is 5.89. The number of anilines is 1. The predicted octanol–water partition coefficient (Wildman–Crippen LogP) is 2.28. The van der Waals surface area contributed by atoms with E-state index < -0.39 is 5.97 Å². The Bertz CT molecular complexity index is 644. The standard InChI is InChI=1S/C14H14N2O4/c1-8-12(14(18)19)11(7-15-8)16-13(17)9-3-5-10(20-2)6-4-9/h3-7,15H,1-2H3,(H,16,17)(H,18,19). The van der Waals surface area contributed by atoms with Crippen LogP contribution in [-0.2, 0) is 0 Å². The number of H-pyrrole nitrogens is 1. The van der Waals surface area contributed by atoms with Crippen LogP contribution in [0.3, 0.4) is 0 Å². The van der Waals surface area contributed by atoms with Crippen molar-refractivity contribution in [2.45, 2.75) is 6.92 Å². The zero-order chi connectivity index (χ0) is 14.7. The van der Waals surface area contributed by atoms with Crippen LogP contribution in [0, 0.1) is 6.92 Å². The summed E-state index contributed by atoms with van der Waals surface area (Å²) in [6.45, 7) is 1.63. The van der Waals surface area contributed by atoms with Gasteiger partial charge in [0.05, 0.1) is 12.8 Å². The number of aromatic nitrogens is 1.